The van der Waals surface area contributed by atoms with E-state index in [1.54, 1.807) is 12.3 Å². The molecular weight excluding hydrogens is 349 g/mol. The van der Waals surface area contributed by atoms with E-state index in [1.807, 2.05) is 0 Å². The highest BCUT2D eigenvalue weighted by Gasteiger charge is 2.33. The van der Waals surface area contributed by atoms with Crippen LogP contribution in [0.3, 0.4) is 0 Å². The van der Waals surface area contributed by atoms with Gasteiger partial charge in [-0.3, -0.25) is 14.3 Å². The number of anilines is 1. The van der Waals surface area contributed by atoms with E-state index in [-0.39, 0.29) is 24.7 Å². The summed E-state index contributed by atoms with van der Waals surface area (Å²) in [4.78, 5) is 27.2. The Labute approximate surface area is 138 Å². The molecule has 0 fully saturated rings. The fourth-order valence-corrected chi connectivity index (χ4v) is 2.44. The number of halogens is 3. The molecule has 24 heavy (non-hydrogen) atoms. The average Bonchev–Trinajstić information content (AvgIpc) is 3.08. The number of hydrogen-bond donors (Lipinski definition) is 1. The monoisotopic (exact) mass is 362 g/mol. The highest BCUT2D eigenvalue weighted by atomic mass is 32.1. The van der Waals surface area contributed by atoms with E-state index in [2.05, 4.69) is 15.4 Å². The molecule has 2 rings (SSSR count). The van der Waals surface area contributed by atoms with Crippen LogP contribution in [-0.4, -0.2) is 33.2 Å². The second-order valence-electron chi connectivity index (χ2n) is 4.57. The Balaban J connectivity index is 1.90. The van der Waals surface area contributed by atoms with Gasteiger partial charge < -0.3 is 10.1 Å². The van der Waals surface area contributed by atoms with Crippen molar-refractivity contribution in [3.8, 4) is 0 Å². The van der Waals surface area contributed by atoms with Gasteiger partial charge in [0.1, 0.15) is 6.54 Å². The number of hydrogen-bond acceptors (Lipinski definition) is 6. The van der Waals surface area contributed by atoms with Crippen LogP contribution in [0.25, 0.3) is 0 Å². The molecule has 0 unspecified atom stereocenters. The number of nitrogens with one attached hydrogen (secondary N) is 1. The zero-order chi connectivity index (χ0) is 17.7. The zero-order valence-electron chi connectivity index (χ0n) is 12.5. The summed E-state index contributed by atoms with van der Waals surface area (Å²) in [6.45, 7) is 1.56. The molecule has 0 atom stereocenters. The Morgan fingerprint density at radius 1 is 1.42 bits per heavy atom. The first-order valence-electron chi connectivity index (χ1n) is 6.78. The van der Waals surface area contributed by atoms with Gasteiger partial charge in [0.05, 0.1) is 18.7 Å². The highest BCUT2D eigenvalue weighted by Crippen LogP contribution is 2.27. The van der Waals surface area contributed by atoms with E-state index in [4.69, 9.17) is 4.74 Å². The van der Waals surface area contributed by atoms with E-state index in [9.17, 15) is 22.8 Å². The summed E-state index contributed by atoms with van der Waals surface area (Å²) in [6, 6.07) is 0.786. The third-order valence-corrected chi connectivity index (χ3v) is 3.47. The molecule has 2 aromatic rings. The van der Waals surface area contributed by atoms with Crippen molar-refractivity contribution in [2.75, 3.05) is 11.9 Å². The predicted molar refractivity (Wildman–Crippen MR) is 78.3 cm³/mol. The first kappa shape index (κ1) is 17.9. The summed E-state index contributed by atoms with van der Waals surface area (Å²) in [5, 5.41) is 7.54. The van der Waals surface area contributed by atoms with Gasteiger partial charge in [-0.05, 0) is 13.0 Å². The van der Waals surface area contributed by atoms with Gasteiger partial charge in [0.25, 0.3) is 0 Å². The number of amides is 1. The number of alkyl halides is 3. The van der Waals surface area contributed by atoms with Gasteiger partial charge in [0.15, 0.2) is 10.8 Å². The Morgan fingerprint density at radius 3 is 2.79 bits per heavy atom. The first-order valence-corrected chi connectivity index (χ1v) is 7.66. The van der Waals surface area contributed by atoms with Crippen LogP contribution in [0.5, 0.6) is 0 Å². The lowest BCUT2D eigenvalue weighted by Crippen LogP contribution is -2.19. The lowest BCUT2D eigenvalue weighted by molar-refractivity contribution is -0.142. The van der Waals surface area contributed by atoms with E-state index in [0.29, 0.717) is 5.69 Å². The maximum atomic E-state index is 12.4. The van der Waals surface area contributed by atoms with Crippen molar-refractivity contribution in [3.05, 3.63) is 29.0 Å². The van der Waals surface area contributed by atoms with E-state index in [1.165, 1.54) is 0 Å². The highest BCUT2D eigenvalue weighted by molar-refractivity contribution is 7.13. The topological polar surface area (TPSA) is 86.1 Å². The van der Waals surface area contributed by atoms with Crippen LogP contribution in [0.4, 0.5) is 18.3 Å². The van der Waals surface area contributed by atoms with Crippen LogP contribution in [0, 0.1) is 0 Å². The van der Waals surface area contributed by atoms with Crippen molar-refractivity contribution in [3.63, 3.8) is 0 Å². The van der Waals surface area contributed by atoms with Gasteiger partial charge >= 0.3 is 12.1 Å². The lowest BCUT2D eigenvalue weighted by Gasteiger charge is -2.03. The summed E-state index contributed by atoms with van der Waals surface area (Å²) >= 11 is 1.10. The van der Waals surface area contributed by atoms with Crippen molar-refractivity contribution in [2.45, 2.75) is 26.1 Å². The molecule has 0 aliphatic rings. The Morgan fingerprint density at radius 2 is 2.17 bits per heavy atom. The number of aromatic nitrogens is 3. The number of ether oxygens (including phenoxy) is 1. The quantitative estimate of drug-likeness (QED) is 0.796. The maximum Gasteiger partial charge on any atom is 0.435 e. The van der Waals surface area contributed by atoms with Crippen LogP contribution < -0.4 is 5.32 Å². The van der Waals surface area contributed by atoms with Crippen LogP contribution >= 0.6 is 11.3 Å². The number of esters is 1. The number of carbonyl (C=O) groups is 2. The Hall–Kier alpha value is -2.43. The lowest BCUT2D eigenvalue weighted by atomic mass is 10.3. The molecule has 1 amide bonds. The standard InChI is InChI=1S/C13H13F3N4O3S/c1-2-23-11(22)5-8-7-24-12(17-8)18-10(21)6-20-4-3-9(19-20)13(14,15)16/h3-4,7H,2,5-6H2,1H3,(H,17,18,21). The third kappa shape index (κ3) is 5.05. The molecule has 0 saturated heterocycles. The van der Waals surface area contributed by atoms with Crippen LogP contribution in [-0.2, 0) is 33.5 Å². The predicted octanol–water partition coefficient (Wildman–Crippen LogP) is 2.10. The summed E-state index contributed by atoms with van der Waals surface area (Å²) in [5.74, 6) is -1.01. The minimum Gasteiger partial charge on any atom is -0.466 e. The molecule has 2 heterocycles. The molecule has 0 saturated carbocycles. The van der Waals surface area contributed by atoms with Gasteiger partial charge in [-0.2, -0.15) is 18.3 Å². The van der Waals surface area contributed by atoms with Gasteiger partial charge in [-0.25, -0.2) is 4.98 Å². The number of carbonyl (C=O) groups excluding carboxylic acids is 2. The van der Waals surface area contributed by atoms with Crippen molar-refractivity contribution in [1.82, 2.24) is 14.8 Å². The average molecular weight is 362 g/mol. The van der Waals surface area contributed by atoms with E-state index < -0.39 is 23.7 Å². The van der Waals surface area contributed by atoms with Crippen LogP contribution in [0.1, 0.15) is 18.3 Å². The number of thiazole rings is 1. The molecule has 0 bridgehead atoms. The maximum absolute atomic E-state index is 12.4. The van der Waals surface area contributed by atoms with Crippen LogP contribution in [0.2, 0.25) is 0 Å². The molecule has 0 aromatic carbocycles. The fourth-order valence-electron chi connectivity index (χ4n) is 1.71. The van der Waals surface area contributed by atoms with E-state index >= 15 is 0 Å². The molecule has 2 aromatic heterocycles. The van der Waals surface area contributed by atoms with Crippen molar-refractivity contribution >= 4 is 28.3 Å². The molecule has 1 N–H and O–H groups in total. The van der Waals surface area contributed by atoms with Gasteiger partial charge in [-0.1, -0.05) is 0 Å². The summed E-state index contributed by atoms with van der Waals surface area (Å²) in [5.41, 5.74) is -0.631. The molecule has 11 heteroatoms. The summed E-state index contributed by atoms with van der Waals surface area (Å²) in [6.07, 6.45) is -3.51. The summed E-state index contributed by atoms with van der Waals surface area (Å²) < 4.78 is 42.9. The molecule has 0 aliphatic carbocycles. The Kier molecular flexibility index (Phi) is 5.54. The third-order valence-electron chi connectivity index (χ3n) is 2.67. The smallest absolute Gasteiger partial charge is 0.435 e. The van der Waals surface area contributed by atoms with Crippen molar-refractivity contribution in [1.29, 1.82) is 0 Å². The first-order chi connectivity index (χ1) is 11.3. The number of nitrogens with zero attached hydrogens (tertiary/aromatic N) is 3. The number of rotatable bonds is 6. The normalized spacial score (nSPS) is 11.3. The fraction of sp³-hybridized carbons (Fsp3) is 0.385. The molecular formula is C13H13F3N4O3S. The Bertz CT molecular complexity index is 726. The zero-order valence-corrected chi connectivity index (χ0v) is 13.3. The second-order valence-corrected chi connectivity index (χ2v) is 5.43. The molecule has 130 valence electrons. The molecule has 0 spiro atoms. The second kappa shape index (κ2) is 7.43. The minimum atomic E-state index is -4.56. The van der Waals surface area contributed by atoms with Crippen molar-refractivity contribution < 1.29 is 27.5 Å². The van der Waals surface area contributed by atoms with Gasteiger partial charge in [0, 0.05) is 11.6 Å². The molecule has 7 nitrogen and oxygen atoms in total. The van der Waals surface area contributed by atoms with Crippen molar-refractivity contribution in [2.24, 2.45) is 0 Å². The minimum absolute atomic E-state index is 0.0195. The van der Waals surface area contributed by atoms with E-state index in [0.717, 1.165) is 28.3 Å². The largest absolute Gasteiger partial charge is 0.466 e. The van der Waals surface area contributed by atoms with Crippen LogP contribution in [0.15, 0.2) is 17.6 Å². The molecule has 0 radical (unpaired) electrons. The summed E-state index contributed by atoms with van der Waals surface area (Å²) in [7, 11) is 0. The van der Waals surface area contributed by atoms with Gasteiger partial charge in [0.2, 0.25) is 5.91 Å². The van der Waals surface area contributed by atoms with Gasteiger partial charge in [-0.15, -0.1) is 11.3 Å². The molecule has 0 aliphatic heterocycles. The SMILES string of the molecule is CCOC(=O)Cc1csc(NC(=O)Cn2ccc(C(F)(F)F)n2)n1.